The minimum atomic E-state index is 0.786. The van der Waals surface area contributed by atoms with Crippen molar-refractivity contribution in [1.82, 2.24) is 0 Å². The molecule has 144 valence electrons. The van der Waals surface area contributed by atoms with Gasteiger partial charge in [-0.05, 0) is 54.4 Å². The quantitative estimate of drug-likeness (QED) is 0.385. The lowest BCUT2D eigenvalue weighted by Crippen LogP contribution is -2.02. The number of ether oxygens (including phenoxy) is 2. The third-order valence-corrected chi connectivity index (χ3v) is 4.58. The minimum Gasteiger partial charge on any atom is -0.381 e. The highest BCUT2D eigenvalue weighted by atomic mass is 16.5. The number of benzene rings is 2. The van der Waals surface area contributed by atoms with Gasteiger partial charge in [0.25, 0.3) is 0 Å². The van der Waals surface area contributed by atoms with E-state index in [0.29, 0.717) is 0 Å². The summed E-state index contributed by atoms with van der Waals surface area (Å²) in [5, 5.41) is 0. The van der Waals surface area contributed by atoms with E-state index in [4.69, 9.17) is 9.47 Å². The molecule has 0 amide bonds. The van der Waals surface area contributed by atoms with Crippen LogP contribution in [-0.2, 0) is 22.3 Å². The van der Waals surface area contributed by atoms with Crippen LogP contribution in [0.3, 0.4) is 0 Å². The van der Waals surface area contributed by atoms with Crippen molar-refractivity contribution in [3.63, 3.8) is 0 Å². The van der Waals surface area contributed by atoms with Crippen molar-refractivity contribution in [2.75, 3.05) is 26.4 Å². The first-order valence-corrected chi connectivity index (χ1v) is 9.90. The largest absolute Gasteiger partial charge is 0.381 e. The van der Waals surface area contributed by atoms with Crippen molar-refractivity contribution in [3.8, 4) is 0 Å². The van der Waals surface area contributed by atoms with Crippen LogP contribution in [0.4, 0.5) is 0 Å². The first-order valence-electron chi connectivity index (χ1n) is 9.90. The highest BCUT2D eigenvalue weighted by Crippen LogP contribution is 2.08. The topological polar surface area (TPSA) is 18.5 Å². The Morgan fingerprint density at radius 2 is 0.963 bits per heavy atom. The molecule has 0 fully saturated rings. The maximum absolute atomic E-state index is 5.73. The molecule has 0 bridgehead atoms. The van der Waals surface area contributed by atoms with Gasteiger partial charge in [-0.15, -0.1) is 0 Å². The maximum atomic E-state index is 5.73. The summed E-state index contributed by atoms with van der Waals surface area (Å²) in [5.74, 6) is 0. The van der Waals surface area contributed by atoms with Crippen LogP contribution < -0.4 is 0 Å². The molecule has 0 aromatic heterocycles. The molecule has 27 heavy (non-hydrogen) atoms. The molecule has 0 spiro atoms. The lowest BCUT2D eigenvalue weighted by atomic mass is 10.1. The van der Waals surface area contributed by atoms with E-state index in [2.05, 4.69) is 61.7 Å². The predicted molar refractivity (Wildman–Crippen MR) is 116 cm³/mol. The van der Waals surface area contributed by atoms with E-state index >= 15 is 0 Å². The summed E-state index contributed by atoms with van der Waals surface area (Å²) in [7, 11) is 0. The maximum Gasteiger partial charge on any atom is 0.0506 e. The Balaban J connectivity index is 1.39. The predicted octanol–water partition coefficient (Wildman–Crippen LogP) is 5.96. The SMILES string of the molecule is C=Cc1ccc(CCOCCCCCOCCc2ccc(C=C)cc2)cc1. The van der Waals surface area contributed by atoms with Crippen LogP contribution in [0.5, 0.6) is 0 Å². The third-order valence-electron chi connectivity index (χ3n) is 4.58. The van der Waals surface area contributed by atoms with E-state index in [-0.39, 0.29) is 0 Å². The molecule has 0 aliphatic rings. The fourth-order valence-electron chi connectivity index (χ4n) is 2.81. The standard InChI is InChI=1S/C25H32O2/c1-3-22-8-12-24(13-9-22)16-20-26-18-6-5-7-19-27-21-17-25-14-10-23(4-2)11-15-25/h3-4,8-15H,1-2,5-7,16-21H2. The molecule has 0 aliphatic heterocycles. The summed E-state index contributed by atoms with van der Waals surface area (Å²) in [6.07, 6.45) is 9.02. The van der Waals surface area contributed by atoms with E-state index in [0.717, 1.165) is 69.7 Å². The summed E-state index contributed by atoms with van der Waals surface area (Å²) < 4.78 is 11.5. The van der Waals surface area contributed by atoms with Gasteiger partial charge < -0.3 is 9.47 Å². The first-order chi connectivity index (χ1) is 13.3. The average Bonchev–Trinajstić information content (AvgIpc) is 2.73. The van der Waals surface area contributed by atoms with Crippen molar-refractivity contribution in [3.05, 3.63) is 83.9 Å². The Bertz CT molecular complexity index is 596. The Hall–Kier alpha value is -2.16. The van der Waals surface area contributed by atoms with Gasteiger partial charge in [0, 0.05) is 13.2 Å². The molecule has 2 nitrogen and oxygen atoms in total. The second kappa shape index (κ2) is 13.1. The number of rotatable bonds is 14. The molecular weight excluding hydrogens is 332 g/mol. The zero-order chi connectivity index (χ0) is 19.2. The normalized spacial score (nSPS) is 10.7. The van der Waals surface area contributed by atoms with Gasteiger partial charge in [0.2, 0.25) is 0 Å². The van der Waals surface area contributed by atoms with Gasteiger partial charge in [0.05, 0.1) is 13.2 Å². The Morgan fingerprint density at radius 1 is 0.556 bits per heavy atom. The molecule has 0 N–H and O–H groups in total. The van der Waals surface area contributed by atoms with Gasteiger partial charge in [-0.1, -0.05) is 73.8 Å². The van der Waals surface area contributed by atoms with Gasteiger partial charge in [0.15, 0.2) is 0 Å². The van der Waals surface area contributed by atoms with Crippen LogP contribution in [0.1, 0.15) is 41.5 Å². The van der Waals surface area contributed by atoms with Crippen LogP contribution in [0.2, 0.25) is 0 Å². The van der Waals surface area contributed by atoms with E-state index in [1.54, 1.807) is 0 Å². The van der Waals surface area contributed by atoms with Crippen molar-refractivity contribution < 1.29 is 9.47 Å². The summed E-state index contributed by atoms with van der Waals surface area (Å²) in [5.41, 5.74) is 4.95. The second-order valence-electron chi connectivity index (χ2n) is 6.68. The lowest BCUT2D eigenvalue weighted by molar-refractivity contribution is 0.117. The van der Waals surface area contributed by atoms with Crippen molar-refractivity contribution >= 4 is 12.2 Å². The smallest absolute Gasteiger partial charge is 0.0506 e. The highest BCUT2D eigenvalue weighted by molar-refractivity contribution is 5.47. The molecule has 0 unspecified atom stereocenters. The highest BCUT2D eigenvalue weighted by Gasteiger charge is 1.96. The molecule has 0 saturated heterocycles. The van der Waals surface area contributed by atoms with Crippen molar-refractivity contribution in [2.45, 2.75) is 32.1 Å². The monoisotopic (exact) mass is 364 g/mol. The van der Waals surface area contributed by atoms with E-state index < -0.39 is 0 Å². The Labute approximate surface area is 164 Å². The Morgan fingerprint density at radius 3 is 1.33 bits per heavy atom. The molecule has 0 atom stereocenters. The fraction of sp³-hybridized carbons (Fsp3) is 0.360. The molecule has 2 aromatic rings. The van der Waals surface area contributed by atoms with E-state index in [9.17, 15) is 0 Å². The van der Waals surface area contributed by atoms with Gasteiger partial charge in [0.1, 0.15) is 0 Å². The van der Waals surface area contributed by atoms with Gasteiger partial charge >= 0.3 is 0 Å². The zero-order valence-corrected chi connectivity index (χ0v) is 16.4. The molecule has 0 saturated carbocycles. The van der Waals surface area contributed by atoms with Crippen LogP contribution >= 0.6 is 0 Å². The minimum absolute atomic E-state index is 0.786. The molecule has 0 aliphatic carbocycles. The number of unbranched alkanes of at least 4 members (excludes halogenated alkanes) is 2. The average molecular weight is 365 g/mol. The van der Waals surface area contributed by atoms with Crippen molar-refractivity contribution in [2.24, 2.45) is 0 Å². The zero-order valence-electron chi connectivity index (χ0n) is 16.4. The summed E-state index contributed by atoms with van der Waals surface area (Å²) in [6.45, 7) is 10.8. The summed E-state index contributed by atoms with van der Waals surface area (Å²) in [4.78, 5) is 0. The molecule has 2 heteroatoms. The summed E-state index contributed by atoms with van der Waals surface area (Å²) >= 11 is 0. The molecular formula is C25H32O2. The van der Waals surface area contributed by atoms with E-state index in [1.165, 1.54) is 11.1 Å². The van der Waals surface area contributed by atoms with Gasteiger partial charge in [-0.25, -0.2) is 0 Å². The Kier molecular flexibility index (Phi) is 10.2. The summed E-state index contributed by atoms with van der Waals surface area (Å²) in [6, 6.07) is 17.0. The van der Waals surface area contributed by atoms with Gasteiger partial charge in [-0.3, -0.25) is 0 Å². The molecule has 2 aromatic carbocycles. The van der Waals surface area contributed by atoms with Crippen LogP contribution in [0.25, 0.3) is 12.2 Å². The molecule has 0 heterocycles. The van der Waals surface area contributed by atoms with Gasteiger partial charge in [-0.2, -0.15) is 0 Å². The van der Waals surface area contributed by atoms with Crippen molar-refractivity contribution in [1.29, 1.82) is 0 Å². The molecule has 0 radical (unpaired) electrons. The first kappa shape index (κ1) is 21.1. The van der Waals surface area contributed by atoms with Crippen LogP contribution in [-0.4, -0.2) is 26.4 Å². The van der Waals surface area contributed by atoms with E-state index in [1.807, 2.05) is 12.2 Å². The fourth-order valence-corrected chi connectivity index (χ4v) is 2.81. The third kappa shape index (κ3) is 8.85. The number of hydrogen-bond acceptors (Lipinski definition) is 2. The number of hydrogen-bond donors (Lipinski definition) is 0. The molecule has 2 rings (SSSR count). The van der Waals surface area contributed by atoms with Crippen LogP contribution in [0, 0.1) is 0 Å². The lowest BCUT2D eigenvalue weighted by Gasteiger charge is -2.06. The van der Waals surface area contributed by atoms with Crippen LogP contribution in [0.15, 0.2) is 61.7 Å². The second-order valence-corrected chi connectivity index (χ2v) is 6.68.